The Balaban J connectivity index is 2.13. The predicted molar refractivity (Wildman–Crippen MR) is 96.8 cm³/mol. The van der Waals surface area contributed by atoms with Crippen LogP contribution in [0.5, 0.6) is 0 Å². The third-order valence-corrected chi connectivity index (χ3v) is 6.15. The Morgan fingerprint density at radius 3 is 2.77 bits per heavy atom. The number of hydrogen-bond acceptors (Lipinski definition) is 6. The highest BCUT2D eigenvalue weighted by Gasteiger charge is 2.33. The summed E-state index contributed by atoms with van der Waals surface area (Å²) in [5, 5.41) is 2.71. The zero-order chi connectivity index (χ0) is 19.2. The second-order valence-electron chi connectivity index (χ2n) is 6.18. The fraction of sp³-hybridized carbons (Fsp3) is 0.529. The zero-order valence-corrected chi connectivity index (χ0v) is 15.6. The number of nitrogens with zero attached hydrogens (tertiary/aromatic N) is 1. The van der Waals surface area contributed by atoms with Crippen molar-refractivity contribution in [1.29, 1.82) is 0 Å². The van der Waals surface area contributed by atoms with E-state index in [1.165, 1.54) is 17.5 Å². The summed E-state index contributed by atoms with van der Waals surface area (Å²) < 4.78 is 31.7. The van der Waals surface area contributed by atoms with Crippen LogP contribution < -0.4 is 11.1 Å². The summed E-state index contributed by atoms with van der Waals surface area (Å²) in [5.74, 6) is -1.45. The Labute approximate surface area is 153 Å². The van der Waals surface area contributed by atoms with Gasteiger partial charge < -0.3 is 15.8 Å². The Morgan fingerprint density at radius 2 is 2.08 bits per heavy atom. The first-order valence-corrected chi connectivity index (χ1v) is 10.1. The topological polar surface area (TPSA) is 119 Å². The molecule has 1 unspecified atom stereocenters. The summed E-state index contributed by atoms with van der Waals surface area (Å²) in [6, 6.07) is 6.47. The number of rotatable bonds is 7. The number of hydrogen-bond donors (Lipinski definition) is 2. The van der Waals surface area contributed by atoms with Gasteiger partial charge >= 0.3 is 5.97 Å². The van der Waals surface area contributed by atoms with Gasteiger partial charge in [-0.15, -0.1) is 0 Å². The second-order valence-corrected chi connectivity index (χ2v) is 8.15. The summed E-state index contributed by atoms with van der Waals surface area (Å²) in [7, 11) is -2.41. The molecule has 1 aliphatic heterocycles. The van der Waals surface area contributed by atoms with Gasteiger partial charge in [0.25, 0.3) is 0 Å². The Morgan fingerprint density at radius 1 is 1.35 bits per heavy atom. The lowest BCUT2D eigenvalue weighted by atomic mass is 9.99. The second kappa shape index (κ2) is 9.11. The molecule has 1 aliphatic rings. The lowest BCUT2D eigenvalue weighted by Crippen LogP contribution is -2.46. The van der Waals surface area contributed by atoms with E-state index in [1.807, 2.05) is 0 Å². The third kappa shape index (κ3) is 5.03. The van der Waals surface area contributed by atoms with Crippen molar-refractivity contribution >= 4 is 21.9 Å². The van der Waals surface area contributed by atoms with Crippen molar-refractivity contribution < 1.29 is 22.7 Å². The minimum atomic E-state index is -3.67. The molecule has 0 saturated carbocycles. The van der Waals surface area contributed by atoms with Gasteiger partial charge in [-0.25, -0.2) is 17.5 Å². The van der Waals surface area contributed by atoms with E-state index in [1.54, 1.807) is 18.2 Å². The number of carbonyl (C=O) groups is 2. The van der Waals surface area contributed by atoms with Crippen molar-refractivity contribution in [2.24, 2.45) is 11.7 Å². The molecule has 1 saturated heterocycles. The SMILES string of the molecule is COC(=O)c1ccccc1CS(=O)(=O)N1CCCC(C(=O)NCCN)C1. The number of ether oxygens (including phenoxy) is 1. The van der Waals surface area contributed by atoms with Crippen molar-refractivity contribution in [2.75, 3.05) is 33.3 Å². The molecule has 1 aromatic carbocycles. The zero-order valence-electron chi connectivity index (χ0n) is 14.8. The molecule has 144 valence electrons. The van der Waals surface area contributed by atoms with Crippen LogP contribution in [0.25, 0.3) is 0 Å². The number of carbonyl (C=O) groups excluding carboxylic acids is 2. The van der Waals surface area contributed by atoms with Crippen LogP contribution in [0, 0.1) is 5.92 Å². The van der Waals surface area contributed by atoms with Crippen molar-refractivity contribution in [3.63, 3.8) is 0 Å². The maximum Gasteiger partial charge on any atom is 0.338 e. The molecule has 26 heavy (non-hydrogen) atoms. The highest BCUT2D eigenvalue weighted by Crippen LogP contribution is 2.23. The smallest absolute Gasteiger partial charge is 0.338 e. The fourth-order valence-corrected chi connectivity index (χ4v) is 4.63. The molecule has 8 nitrogen and oxygen atoms in total. The molecular formula is C17H25N3O5S. The molecular weight excluding hydrogens is 358 g/mol. The van der Waals surface area contributed by atoms with Crippen LogP contribution in [0.3, 0.4) is 0 Å². The van der Waals surface area contributed by atoms with Gasteiger partial charge in [-0.3, -0.25) is 4.79 Å². The minimum absolute atomic E-state index is 0.138. The monoisotopic (exact) mass is 383 g/mol. The standard InChI is InChI=1S/C17H25N3O5S/c1-25-17(22)15-7-3-2-5-14(15)12-26(23,24)20-10-4-6-13(11-20)16(21)19-9-8-18/h2-3,5,7,13H,4,6,8-12,18H2,1H3,(H,19,21). The van der Waals surface area contributed by atoms with Gasteiger partial charge in [-0.1, -0.05) is 18.2 Å². The molecule has 1 amide bonds. The van der Waals surface area contributed by atoms with Crippen molar-refractivity contribution in [3.8, 4) is 0 Å². The normalized spacial score (nSPS) is 18.3. The molecule has 0 spiro atoms. The Hall–Kier alpha value is -1.97. The maximum absolute atomic E-state index is 12.8. The highest BCUT2D eigenvalue weighted by atomic mass is 32.2. The van der Waals surface area contributed by atoms with Crippen LogP contribution in [-0.2, 0) is 25.3 Å². The molecule has 0 bridgehead atoms. The van der Waals surface area contributed by atoms with Crippen LogP contribution in [-0.4, -0.2) is 57.9 Å². The van der Waals surface area contributed by atoms with Gasteiger partial charge in [-0.2, -0.15) is 0 Å². The van der Waals surface area contributed by atoms with Gasteiger partial charge in [0, 0.05) is 26.2 Å². The van der Waals surface area contributed by atoms with E-state index in [2.05, 4.69) is 5.32 Å². The maximum atomic E-state index is 12.8. The van der Waals surface area contributed by atoms with Crippen LogP contribution in [0.1, 0.15) is 28.8 Å². The van der Waals surface area contributed by atoms with E-state index in [9.17, 15) is 18.0 Å². The van der Waals surface area contributed by atoms with E-state index >= 15 is 0 Å². The minimum Gasteiger partial charge on any atom is -0.465 e. The molecule has 3 N–H and O–H groups in total. The number of benzene rings is 1. The molecule has 1 heterocycles. The molecule has 2 rings (SSSR count). The first-order chi connectivity index (χ1) is 12.4. The van der Waals surface area contributed by atoms with Gasteiger partial charge in [0.2, 0.25) is 15.9 Å². The van der Waals surface area contributed by atoms with Crippen molar-refractivity contribution in [1.82, 2.24) is 9.62 Å². The van der Waals surface area contributed by atoms with Gasteiger partial charge in [0.05, 0.1) is 24.3 Å². The van der Waals surface area contributed by atoms with Crippen LogP contribution >= 0.6 is 0 Å². The molecule has 0 aliphatic carbocycles. The fourth-order valence-electron chi connectivity index (χ4n) is 2.99. The predicted octanol–water partition coefficient (Wildman–Crippen LogP) is 0.0899. The van der Waals surface area contributed by atoms with Crippen LogP contribution in [0.15, 0.2) is 24.3 Å². The highest BCUT2D eigenvalue weighted by molar-refractivity contribution is 7.88. The summed E-state index contributed by atoms with van der Waals surface area (Å²) in [6.45, 7) is 1.21. The van der Waals surface area contributed by atoms with E-state index in [-0.39, 0.29) is 29.7 Å². The summed E-state index contributed by atoms with van der Waals surface area (Å²) in [5.41, 5.74) is 5.99. The number of piperidine rings is 1. The molecule has 0 radical (unpaired) electrons. The van der Waals surface area contributed by atoms with E-state index in [4.69, 9.17) is 10.5 Å². The van der Waals surface area contributed by atoms with Crippen molar-refractivity contribution in [3.05, 3.63) is 35.4 Å². The average molecular weight is 383 g/mol. The number of amides is 1. The third-order valence-electron chi connectivity index (χ3n) is 4.35. The molecule has 1 atom stereocenters. The number of esters is 1. The van der Waals surface area contributed by atoms with E-state index < -0.39 is 16.0 Å². The van der Waals surface area contributed by atoms with Crippen molar-refractivity contribution in [2.45, 2.75) is 18.6 Å². The molecule has 0 aromatic heterocycles. The van der Waals surface area contributed by atoms with Crippen LogP contribution in [0.4, 0.5) is 0 Å². The molecule has 1 aromatic rings. The lowest BCUT2D eigenvalue weighted by molar-refractivity contribution is -0.126. The average Bonchev–Trinajstić information content (AvgIpc) is 2.65. The summed E-state index contributed by atoms with van der Waals surface area (Å²) in [4.78, 5) is 24.0. The van der Waals surface area contributed by atoms with Gasteiger partial charge in [0.1, 0.15) is 0 Å². The number of nitrogens with two attached hydrogens (primary N) is 1. The quantitative estimate of drug-likeness (QED) is 0.644. The summed E-state index contributed by atoms with van der Waals surface area (Å²) >= 11 is 0. The Bertz CT molecular complexity index is 751. The van der Waals surface area contributed by atoms with E-state index in [0.29, 0.717) is 38.0 Å². The molecule has 1 fully saturated rings. The number of sulfonamides is 1. The lowest BCUT2D eigenvalue weighted by Gasteiger charge is -2.31. The largest absolute Gasteiger partial charge is 0.465 e. The first-order valence-electron chi connectivity index (χ1n) is 8.51. The Kier molecular flexibility index (Phi) is 7.13. The number of methoxy groups -OCH3 is 1. The van der Waals surface area contributed by atoms with Crippen LogP contribution in [0.2, 0.25) is 0 Å². The summed E-state index contributed by atoms with van der Waals surface area (Å²) in [6.07, 6.45) is 1.25. The van der Waals surface area contributed by atoms with Gasteiger partial charge in [0.15, 0.2) is 0 Å². The number of nitrogens with one attached hydrogen (secondary N) is 1. The first kappa shape index (κ1) is 20.3. The van der Waals surface area contributed by atoms with E-state index in [0.717, 1.165) is 0 Å². The van der Waals surface area contributed by atoms with Gasteiger partial charge in [-0.05, 0) is 24.5 Å². The molecule has 9 heteroatoms.